The molecule has 0 spiro atoms. The van der Waals surface area contributed by atoms with Crippen LogP contribution in [-0.2, 0) is 4.79 Å². The van der Waals surface area contributed by atoms with Crippen LogP contribution in [0.1, 0.15) is 138 Å². The topological polar surface area (TPSA) is 118 Å². The summed E-state index contributed by atoms with van der Waals surface area (Å²) in [5.74, 6) is 3.39. The SMILES string of the molecule is CCCCCCOc1ccc(OCCCCCC)c(NC(=O)/C(N=Nc2nnc(SCC(CCCCC(C)C)CCC(C)C)s2)=C(/C)O)c1. The number of azo groups is 1. The highest BCUT2D eigenvalue weighted by Gasteiger charge is 2.18. The van der Waals surface area contributed by atoms with Crippen LogP contribution in [-0.4, -0.2) is 40.2 Å². The van der Waals surface area contributed by atoms with Gasteiger partial charge in [-0.25, -0.2) is 0 Å². The Morgan fingerprint density at radius 3 is 2.20 bits per heavy atom. The summed E-state index contributed by atoms with van der Waals surface area (Å²) >= 11 is 3.05. The molecule has 0 aliphatic heterocycles. The molecule has 1 aromatic carbocycles. The number of ether oxygens (including phenoxy) is 2. The normalized spacial score (nSPS) is 12.9. The van der Waals surface area contributed by atoms with Gasteiger partial charge in [-0.3, -0.25) is 4.79 Å². The number of aliphatic hydroxyl groups excluding tert-OH is 1. The van der Waals surface area contributed by atoms with Crippen molar-refractivity contribution in [1.29, 1.82) is 0 Å². The smallest absolute Gasteiger partial charge is 0.279 e. The fourth-order valence-corrected chi connectivity index (χ4v) is 7.04. The third kappa shape index (κ3) is 18.8. The van der Waals surface area contributed by atoms with Gasteiger partial charge < -0.3 is 19.9 Å². The van der Waals surface area contributed by atoms with E-state index in [1.54, 1.807) is 17.8 Å². The summed E-state index contributed by atoms with van der Waals surface area (Å²) in [7, 11) is 0. The standard InChI is InChI=1S/C38H63N5O4S2/c1-8-10-12-16-24-46-32-22-23-34(47-25-17-13-11-9-2)33(26-32)39-36(45)35(30(7)44)40-41-37-42-43-38(49-37)48-27-31(21-20-29(5)6)19-15-14-18-28(3)4/h22-23,26,28-29,31,44H,8-21,24-25,27H2,1-7H3,(H,39,45)/b35-30+,41-40?. The van der Waals surface area contributed by atoms with E-state index in [1.165, 1.54) is 63.2 Å². The Hall–Kier alpha value is -2.66. The van der Waals surface area contributed by atoms with Crippen molar-refractivity contribution in [2.75, 3.05) is 24.3 Å². The van der Waals surface area contributed by atoms with E-state index in [4.69, 9.17) is 9.47 Å². The lowest BCUT2D eigenvalue weighted by molar-refractivity contribution is -0.113. The molecule has 0 aliphatic carbocycles. The highest BCUT2D eigenvalue weighted by molar-refractivity contribution is 8.01. The van der Waals surface area contributed by atoms with Crippen molar-refractivity contribution in [3.8, 4) is 11.5 Å². The molecule has 1 heterocycles. The van der Waals surface area contributed by atoms with Crippen LogP contribution in [0.5, 0.6) is 11.5 Å². The molecule has 0 fully saturated rings. The molecule has 49 heavy (non-hydrogen) atoms. The van der Waals surface area contributed by atoms with Crippen LogP contribution in [0.15, 0.2) is 44.2 Å². The lowest BCUT2D eigenvalue weighted by atomic mass is 9.93. The van der Waals surface area contributed by atoms with Crippen LogP contribution in [0.2, 0.25) is 0 Å². The Morgan fingerprint density at radius 1 is 0.878 bits per heavy atom. The number of anilines is 1. The van der Waals surface area contributed by atoms with Crippen molar-refractivity contribution < 1.29 is 19.4 Å². The van der Waals surface area contributed by atoms with E-state index in [-0.39, 0.29) is 11.5 Å². The zero-order valence-corrected chi connectivity index (χ0v) is 32.9. The second-order valence-corrected chi connectivity index (χ2v) is 16.0. The summed E-state index contributed by atoms with van der Waals surface area (Å²) in [6.07, 6.45) is 16.2. The van der Waals surface area contributed by atoms with Crippen molar-refractivity contribution in [3.05, 3.63) is 29.7 Å². The second-order valence-electron chi connectivity index (χ2n) is 13.7. The van der Waals surface area contributed by atoms with Crippen LogP contribution in [0.3, 0.4) is 0 Å². The van der Waals surface area contributed by atoms with Crippen LogP contribution in [0.25, 0.3) is 0 Å². The minimum atomic E-state index is -0.607. The lowest BCUT2D eigenvalue weighted by Gasteiger charge is -2.17. The first-order valence-electron chi connectivity index (χ1n) is 18.6. The Morgan fingerprint density at radius 2 is 1.55 bits per heavy atom. The van der Waals surface area contributed by atoms with Crippen molar-refractivity contribution in [2.24, 2.45) is 28.0 Å². The molecule has 2 rings (SSSR count). The number of nitrogens with zero attached hydrogens (tertiary/aromatic N) is 4. The predicted molar refractivity (Wildman–Crippen MR) is 206 cm³/mol. The van der Waals surface area contributed by atoms with Crippen LogP contribution in [0, 0.1) is 17.8 Å². The first-order valence-corrected chi connectivity index (χ1v) is 20.4. The summed E-state index contributed by atoms with van der Waals surface area (Å²) in [5, 5.41) is 30.4. The molecule has 2 aromatic rings. The number of carbonyl (C=O) groups excluding carboxylic acids is 1. The summed E-state index contributed by atoms with van der Waals surface area (Å²) in [4.78, 5) is 13.4. The molecular formula is C38H63N5O4S2. The molecule has 9 nitrogen and oxygen atoms in total. The highest BCUT2D eigenvalue weighted by atomic mass is 32.2. The monoisotopic (exact) mass is 717 g/mol. The molecule has 0 aliphatic rings. The number of thioether (sulfide) groups is 1. The minimum Gasteiger partial charge on any atom is -0.510 e. The average molecular weight is 718 g/mol. The third-order valence-corrected chi connectivity index (χ3v) is 10.3. The molecular weight excluding hydrogens is 655 g/mol. The third-order valence-electron chi connectivity index (χ3n) is 8.15. The molecule has 1 atom stereocenters. The van der Waals surface area contributed by atoms with E-state index < -0.39 is 5.91 Å². The maximum atomic E-state index is 13.4. The number of benzene rings is 1. The summed E-state index contributed by atoms with van der Waals surface area (Å²) < 4.78 is 12.8. The highest BCUT2D eigenvalue weighted by Crippen LogP contribution is 2.33. The number of allylic oxidation sites excluding steroid dienone is 1. The van der Waals surface area contributed by atoms with Gasteiger partial charge in [0.25, 0.3) is 11.0 Å². The molecule has 1 unspecified atom stereocenters. The Labute approximate surface area is 304 Å². The van der Waals surface area contributed by atoms with E-state index in [9.17, 15) is 9.90 Å². The van der Waals surface area contributed by atoms with Gasteiger partial charge in [0.15, 0.2) is 10.0 Å². The fourth-order valence-electron chi connectivity index (χ4n) is 5.16. The van der Waals surface area contributed by atoms with Gasteiger partial charge in [0, 0.05) is 11.8 Å². The van der Waals surface area contributed by atoms with Gasteiger partial charge in [0.1, 0.15) is 17.3 Å². The van der Waals surface area contributed by atoms with Crippen LogP contribution < -0.4 is 14.8 Å². The van der Waals surface area contributed by atoms with E-state index in [2.05, 4.69) is 67.3 Å². The van der Waals surface area contributed by atoms with Gasteiger partial charge in [-0.15, -0.1) is 20.4 Å². The average Bonchev–Trinajstić information content (AvgIpc) is 3.52. The minimum absolute atomic E-state index is 0.209. The summed E-state index contributed by atoms with van der Waals surface area (Å²) in [5.41, 5.74) is 0.241. The Kier molecular flexibility index (Phi) is 22.0. The van der Waals surface area contributed by atoms with Crippen LogP contribution in [0.4, 0.5) is 10.8 Å². The van der Waals surface area contributed by atoms with E-state index >= 15 is 0 Å². The second kappa shape index (κ2) is 25.3. The number of nitrogens with one attached hydrogen (secondary N) is 1. The Balaban J connectivity index is 2.08. The number of aliphatic hydroxyl groups is 1. The quantitative estimate of drug-likeness (QED) is 0.0310. The molecule has 0 bridgehead atoms. The van der Waals surface area contributed by atoms with Gasteiger partial charge in [-0.2, -0.15) is 0 Å². The molecule has 1 amide bonds. The first kappa shape index (κ1) is 42.5. The molecule has 276 valence electrons. The molecule has 2 N–H and O–H groups in total. The van der Waals surface area contributed by atoms with Crippen molar-refractivity contribution in [3.63, 3.8) is 0 Å². The summed E-state index contributed by atoms with van der Waals surface area (Å²) in [6.45, 7) is 16.0. The summed E-state index contributed by atoms with van der Waals surface area (Å²) in [6, 6.07) is 5.43. The fraction of sp³-hybridized carbons (Fsp3) is 0.711. The lowest BCUT2D eigenvalue weighted by Crippen LogP contribution is -2.16. The van der Waals surface area contributed by atoms with Crippen LogP contribution >= 0.6 is 23.1 Å². The maximum Gasteiger partial charge on any atom is 0.279 e. The molecule has 0 saturated heterocycles. The van der Waals surface area contributed by atoms with E-state index in [1.807, 2.05) is 12.1 Å². The first-order chi connectivity index (χ1) is 23.6. The molecule has 11 heteroatoms. The van der Waals surface area contributed by atoms with E-state index in [0.29, 0.717) is 47.4 Å². The van der Waals surface area contributed by atoms with Gasteiger partial charge in [0.2, 0.25) is 0 Å². The number of carbonyl (C=O) groups is 1. The molecule has 0 radical (unpaired) electrons. The number of rotatable bonds is 27. The van der Waals surface area contributed by atoms with Gasteiger partial charge >= 0.3 is 0 Å². The predicted octanol–water partition coefficient (Wildman–Crippen LogP) is 12.3. The molecule has 0 saturated carbocycles. The maximum absolute atomic E-state index is 13.4. The Bertz CT molecular complexity index is 1260. The molecule has 1 aromatic heterocycles. The number of unbranched alkanes of at least 4 members (excludes halogenated alkanes) is 7. The zero-order valence-electron chi connectivity index (χ0n) is 31.3. The number of aromatic nitrogens is 2. The van der Waals surface area contributed by atoms with Crippen molar-refractivity contribution >= 4 is 39.8 Å². The van der Waals surface area contributed by atoms with E-state index in [0.717, 1.165) is 61.0 Å². The van der Waals surface area contributed by atoms with Gasteiger partial charge in [-0.05, 0) is 62.5 Å². The zero-order chi connectivity index (χ0) is 35.9. The largest absolute Gasteiger partial charge is 0.510 e. The number of hydrogen-bond acceptors (Lipinski definition) is 10. The van der Waals surface area contributed by atoms with Gasteiger partial charge in [0.05, 0.1) is 18.9 Å². The number of amides is 1. The van der Waals surface area contributed by atoms with Gasteiger partial charge in [-0.1, -0.05) is 129 Å². The van der Waals surface area contributed by atoms with Crippen molar-refractivity contribution in [2.45, 2.75) is 143 Å². The number of hydrogen-bond donors (Lipinski definition) is 2. The van der Waals surface area contributed by atoms with Crippen molar-refractivity contribution in [1.82, 2.24) is 10.2 Å².